The summed E-state index contributed by atoms with van der Waals surface area (Å²) in [5, 5.41) is 0. The molecule has 0 atom stereocenters. The summed E-state index contributed by atoms with van der Waals surface area (Å²) in [6.45, 7) is 12.8. The Kier molecular flexibility index (Phi) is 14.8. The van der Waals surface area contributed by atoms with Gasteiger partial charge in [-0.25, -0.2) is 0 Å². The summed E-state index contributed by atoms with van der Waals surface area (Å²) in [6.07, 6.45) is 0. The first-order valence-corrected chi connectivity index (χ1v) is 20.1. The van der Waals surface area contributed by atoms with Gasteiger partial charge in [-0.2, -0.15) is 0 Å². The molecule has 0 nitrogen and oxygen atoms in total. The van der Waals surface area contributed by atoms with Crippen molar-refractivity contribution in [2.75, 3.05) is 0 Å². The predicted octanol–water partition coefficient (Wildman–Crippen LogP) is 7.22. The summed E-state index contributed by atoms with van der Waals surface area (Å²) >= 11 is -3.24. The van der Waals surface area contributed by atoms with Gasteiger partial charge >= 0.3 is 49.6 Å². The van der Waals surface area contributed by atoms with Crippen LogP contribution in [0.2, 0.25) is 0 Å². The van der Waals surface area contributed by atoms with Gasteiger partial charge in [0.2, 0.25) is 0 Å². The summed E-state index contributed by atoms with van der Waals surface area (Å²) < 4.78 is 0. The number of hydrogen-bond acceptors (Lipinski definition) is 0. The van der Waals surface area contributed by atoms with Crippen molar-refractivity contribution in [3.8, 4) is 0 Å². The number of benzene rings is 2. The van der Waals surface area contributed by atoms with Crippen LogP contribution in [-0.4, -0.2) is 30.8 Å². The number of aryl methyl sites for hydroxylation is 6. The average molecular weight is 522 g/mol. The Bertz CT molecular complexity index is 466. The summed E-state index contributed by atoms with van der Waals surface area (Å²) in [6, 6.07) is 13.1. The zero-order valence-corrected chi connectivity index (χ0v) is 23.0. The van der Waals surface area contributed by atoms with E-state index in [0.29, 0.717) is 0 Å². The van der Waals surface area contributed by atoms with E-state index < -0.39 is 11.0 Å². The van der Waals surface area contributed by atoms with Crippen LogP contribution < -0.4 is 0 Å². The maximum atomic E-state index is 5.03. The molecule has 0 aliphatic carbocycles. The molecule has 0 aromatic heterocycles. The average Bonchev–Trinajstić information content (AvgIpc) is 2.22. The van der Waals surface area contributed by atoms with Crippen molar-refractivity contribution in [3.63, 3.8) is 0 Å². The first-order chi connectivity index (χ1) is 10.4. The Morgan fingerprint density at radius 2 is 0.542 bits per heavy atom. The fraction of sp³-hybridized carbons (Fsp3) is 0.333. The second-order valence-electron chi connectivity index (χ2n) is 5.82. The molecule has 0 unspecified atom stereocenters. The van der Waals surface area contributed by atoms with E-state index in [-0.39, 0.29) is 19.8 Å². The minimum Gasteiger partial charge on any atom is 0 e. The molecule has 0 aliphatic rings. The van der Waals surface area contributed by atoms with Crippen molar-refractivity contribution in [2.24, 2.45) is 0 Å². The molecule has 0 N–H and O–H groups in total. The van der Waals surface area contributed by atoms with Crippen LogP contribution >= 0.6 is 38.6 Å². The van der Waals surface area contributed by atoms with Crippen molar-refractivity contribution in [3.05, 3.63) is 69.8 Å². The van der Waals surface area contributed by atoms with E-state index in [9.17, 15) is 0 Å². The molecule has 24 heavy (non-hydrogen) atoms. The molecule has 2 rings (SSSR count). The zero-order valence-electron chi connectivity index (χ0n) is 15.1. The van der Waals surface area contributed by atoms with E-state index in [1.165, 1.54) is 33.4 Å². The first-order valence-electron chi connectivity index (χ1n) is 7.34. The SMILES string of the molecule is Cc1cc(C)cc(C)c1.Cc1cc(C)cc(C)c1.[Cl][Ga-]([Cl])([Cl])[Cl].[Ga]. The minimum atomic E-state index is -3.24. The fourth-order valence-electron chi connectivity index (χ4n) is 2.40. The van der Waals surface area contributed by atoms with Gasteiger partial charge in [0.1, 0.15) is 0 Å². The van der Waals surface area contributed by atoms with Crippen molar-refractivity contribution in [1.82, 2.24) is 0 Å². The molecular formula is C18H24Cl4Ga2-. The third-order valence-electron chi connectivity index (χ3n) is 2.73. The molecule has 3 radical (unpaired) electrons. The number of halogens is 4. The van der Waals surface area contributed by atoms with Crippen LogP contribution in [0.4, 0.5) is 0 Å². The van der Waals surface area contributed by atoms with Gasteiger partial charge in [0.25, 0.3) is 0 Å². The third-order valence-corrected chi connectivity index (χ3v) is 2.73. The fourth-order valence-corrected chi connectivity index (χ4v) is 2.40. The number of rotatable bonds is 0. The molecule has 0 aliphatic heterocycles. The zero-order chi connectivity index (χ0) is 18.2. The van der Waals surface area contributed by atoms with Crippen LogP contribution in [0.15, 0.2) is 36.4 Å². The summed E-state index contributed by atoms with van der Waals surface area (Å²) in [5.74, 6) is 0. The predicted molar refractivity (Wildman–Crippen MR) is 116 cm³/mol. The molecule has 0 bridgehead atoms. The van der Waals surface area contributed by atoms with Gasteiger partial charge in [-0.15, -0.1) is 0 Å². The molecule has 2 aromatic carbocycles. The summed E-state index contributed by atoms with van der Waals surface area (Å²) in [7, 11) is 20.1. The second kappa shape index (κ2) is 13.1. The molecule has 6 heteroatoms. The van der Waals surface area contributed by atoms with Gasteiger partial charge in [-0.3, -0.25) is 0 Å². The topological polar surface area (TPSA) is 0 Å². The van der Waals surface area contributed by atoms with Crippen molar-refractivity contribution >= 4 is 69.4 Å². The van der Waals surface area contributed by atoms with E-state index in [4.69, 9.17) is 38.6 Å². The quantitative estimate of drug-likeness (QED) is 0.321. The van der Waals surface area contributed by atoms with Crippen molar-refractivity contribution in [2.45, 2.75) is 41.5 Å². The maximum Gasteiger partial charge on any atom is 0 e. The second-order valence-corrected chi connectivity index (χ2v) is 28.5. The van der Waals surface area contributed by atoms with Gasteiger partial charge < -0.3 is 0 Å². The Balaban J connectivity index is 0. The van der Waals surface area contributed by atoms with Crippen molar-refractivity contribution < 1.29 is 0 Å². The van der Waals surface area contributed by atoms with Crippen LogP contribution in [0.25, 0.3) is 0 Å². The molecule has 0 amide bonds. The van der Waals surface area contributed by atoms with Crippen LogP contribution in [0.1, 0.15) is 33.4 Å². The Morgan fingerprint density at radius 3 is 0.625 bits per heavy atom. The molecule has 0 fully saturated rings. The molecular weight excluding hydrogens is 497 g/mol. The standard InChI is InChI=1S/2C9H12.4ClH.2Ga/c2*1-7-4-8(2)6-9(3)5-7;;;;;;/h2*4-6H,1-3H3;4*1H;;/q;;;;;;;+3/p-4. The summed E-state index contributed by atoms with van der Waals surface area (Å²) in [5.41, 5.74) is 8.13. The van der Waals surface area contributed by atoms with Gasteiger partial charge in [-0.1, -0.05) is 69.8 Å². The molecule has 2 aromatic rings. The molecule has 0 saturated carbocycles. The maximum absolute atomic E-state index is 5.03. The molecule has 0 heterocycles. The van der Waals surface area contributed by atoms with E-state index in [0.717, 1.165) is 0 Å². The van der Waals surface area contributed by atoms with Crippen LogP contribution in [-0.2, 0) is 0 Å². The van der Waals surface area contributed by atoms with Crippen molar-refractivity contribution in [1.29, 1.82) is 0 Å². The smallest absolute Gasteiger partial charge is 0 e. The van der Waals surface area contributed by atoms with Crippen LogP contribution in [0.3, 0.4) is 0 Å². The van der Waals surface area contributed by atoms with E-state index in [1.54, 1.807) is 0 Å². The number of hydrogen-bond donors (Lipinski definition) is 0. The molecule has 0 saturated heterocycles. The first kappa shape index (κ1) is 27.1. The molecule has 0 spiro atoms. The normalized spacial score (nSPS) is 9.75. The Labute approximate surface area is 179 Å². The third kappa shape index (κ3) is 17.7. The minimum absolute atomic E-state index is 0. The monoisotopic (exact) mass is 518 g/mol. The van der Waals surface area contributed by atoms with Gasteiger partial charge in [0.05, 0.1) is 0 Å². The Hall–Kier alpha value is 0.873. The van der Waals surface area contributed by atoms with Gasteiger partial charge in [0.15, 0.2) is 0 Å². The van der Waals surface area contributed by atoms with Crippen LogP contribution in [0, 0.1) is 41.5 Å². The van der Waals surface area contributed by atoms with E-state index in [2.05, 4.69) is 77.9 Å². The Morgan fingerprint density at radius 1 is 0.458 bits per heavy atom. The van der Waals surface area contributed by atoms with Crippen LogP contribution in [0.5, 0.6) is 0 Å². The van der Waals surface area contributed by atoms with E-state index >= 15 is 0 Å². The van der Waals surface area contributed by atoms with E-state index in [1.807, 2.05) is 0 Å². The largest absolute Gasteiger partial charge is 0 e. The van der Waals surface area contributed by atoms with Gasteiger partial charge in [0, 0.05) is 19.8 Å². The molecule has 131 valence electrons. The van der Waals surface area contributed by atoms with Gasteiger partial charge in [-0.05, 0) is 41.5 Å². The summed E-state index contributed by atoms with van der Waals surface area (Å²) in [4.78, 5) is 0.